The van der Waals surface area contributed by atoms with E-state index in [1.165, 1.54) is 4.52 Å². The van der Waals surface area contributed by atoms with E-state index in [0.717, 1.165) is 23.3 Å². The van der Waals surface area contributed by atoms with Crippen molar-refractivity contribution in [2.75, 3.05) is 6.61 Å². The average molecular weight is 391 g/mol. The van der Waals surface area contributed by atoms with Crippen molar-refractivity contribution in [3.63, 3.8) is 0 Å². The van der Waals surface area contributed by atoms with Crippen LogP contribution in [0.15, 0.2) is 47.3 Å². The molecule has 4 aromatic rings. The third kappa shape index (κ3) is 3.69. The topological polar surface area (TPSA) is 101 Å². The molecular formula is C21H21N5O3. The number of aromatic amines is 1. The van der Waals surface area contributed by atoms with E-state index in [9.17, 15) is 9.59 Å². The summed E-state index contributed by atoms with van der Waals surface area (Å²) < 4.78 is 6.96. The molecule has 2 aromatic heterocycles. The molecule has 0 aliphatic carbocycles. The standard InChI is InChI=1S/C21H21N5O3/c1-3-10-29-15-7-5-14(6-8-15)12-22-20(27)18-19-21(28)23-16-11-13(2)4-9-17(16)26(19)25-24-18/h4-9,11H,3,10,12H2,1-2H3,(H,22,27)(H,23,28). The SMILES string of the molecule is CCCOc1ccc(CNC(=O)c2nnn3c2c(=O)[nH]c2cc(C)ccc23)cc1. The molecule has 4 rings (SSSR count). The van der Waals surface area contributed by atoms with Crippen LogP contribution in [-0.4, -0.2) is 32.3 Å². The molecule has 0 unspecified atom stereocenters. The summed E-state index contributed by atoms with van der Waals surface area (Å²) in [5.74, 6) is 0.336. The van der Waals surface area contributed by atoms with Crippen LogP contribution in [0.5, 0.6) is 5.75 Å². The van der Waals surface area contributed by atoms with Crippen LogP contribution < -0.4 is 15.6 Å². The first-order valence-electron chi connectivity index (χ1n) is 9.45. The number of hydrogen-bond donors (Lipinski definition) is 2. The molecular weight excluding hydrogens is 370 g/mol. The molecule has 0 saturated carbocycles. The number of fused-ring (bicyclic) bond motifs is 3. The van der Waals surface area contributed by atoms with Gasteiger partial charge in [-0.25, -0.2) is 4.52 Å². The molecule has 0 fully saturated rings. The Morgan fingerprint density at radius 1 is 1.21 bits per heavy atom. The molecule has 8 heteroatoms. The van der Waals surface area contributed by atoms with Crippen molar-refractivity contribution in [1.29, 1.82) is 0 Å². The molecule has 0 atom stereocenters. The molecule has 29 heavy (non-hydrogen) atoms. The van der Waals surface area contributed by atoms with Gasteiger partial charge in [-0.05, 0) is 48.7 Å². The Hall–Kier alpha value is -3.68. The third-order valence-electron chi connectivity index (χ3n) is 4.58. The fraction of sp³-hybridized carbons (Fsp3) is 0.238. The van der Waals surface area contributed by atoms with Crippen molar-refractivity contribution in [2.45, 2.75) is 26.8 Å². The Bertz CT molecular complexity index is 1240. The van der Waals surface area contributed by atoms with Gasteiger partial charge in [0.25, 0.3) is 11.5 Å². The molecule has 0 spiro atoms. The maximum Gasteiger partial charge on any atom is 0.277 e. The number of carbonyl (C=O) groups excluding carboxylic acids is 1. The highest BCUT2D eigenvalue weighted by atomic mass is 16.5. The summed E-state index contributed by atoms with van der Waals surface area (Å²) in [6.45, 7) is 4.95. The van der Waals surface area contributed by atoms with E-state index in [1.807, 2.05) is 56.3 Å². The van der Waals surface area contributed by atoms with Crippen LogP contribution in [0, 0.1) is 6.92 Å². The van der Waals surface area contributed by atoms with Gasteiger partial charge in [0.05, 0.1) is 17.6 Å². The summed E-state index contributed by atoms with van der Waals surface area (Å²) in [7, 11) is 0. The van der Waals surface area contributed by atoms with Crippen LogP contribution >= 0.6 is 0 Å². The van der Waals surface area contributed by atoms with Gasteiger partial charge in [0, 0.05) is 6.54 Å². The summed E-state index contributed by atoms with van der Waals surface area (Å²) >= 11 is 0. The van der Waals surface area contributed by atoms with Crippen LogP contribution in [-0.2, 0) is 6.54 Å². The van der Waals surface area contributed by atoms with E-state index in [1.54, 1.807) is 0 Å². The highest BCUT2D eigenvalue weighted by Crippen LogP contribution is 2.15. The van der Waals surface area contributed by atoms with Crippen LogP contribution in [0.3, 0.4) is 0 Å². The fourth-order valence-electron chi connectivity index (χ4n) is 3.11. The van der Waals surface area contributed by atoms with Crippen molar-refractivity contribution in [3.8, 4) is 5.75 Å². The predicted molar refractivity (Wildman–Crippen MR) is 109 cm³/mol. The average Bonchev–Trinajstić information content (AvgIpc) is 3.17. The number of benzene rings is 2. The van der Waals surface area contributed by atoms with Crippen molar-refractivity contribution < 1.29 is 9.53 Å². The van der Waals surface area contributed by atoms with E-state index >= 15 is 0 Å². The molecule has 2 N–H and O–H groups in total. The first kappa shape index (κ1) is 18.7. The Labute approximate surface area is 166 Å². The van der Waals surface area contributed by atoms with Crippen molar-refractivity contribution in [1.82, 2.24) is 25.1 Å². The van der Waals surface area contributed by atoms with Gasteiger partial charge in [-0.2, -0.15) is 0 Å². The molecule has 0 radical (unpaired) electrons. The molecule has 0 aliphatic heterocycles. The molecule has 0 bridgehead atoms. The number of amides is 1. The van der Waals surface area contributed by atoms with E-state index < -0.39 is 11.5 Å². The normalized spacial score (nSPS) is 11.1. The summed E-state index contributed by atoms with van der Waals surface area (Å²) in [4.78, 5) is 28.0. The molecule has 2 aromatic carbocycles. The number of aromatic nitrogens is 4. The lowest BCUT2D eigenvalue weighted by molar-refractivity contribution is 0.0947. The minimum atomic E-state index is -0.455. The Kier molecular flexibility index (Phi) is 4.99. The summed E-state index contributed by atoms with van der Waals surface area (Å²) in [5.41, 5.74) is 2.96. The predicted octanol–water partition coefficient (Wildman–Crippen LogP) is 2.60. The van der Waals surface area contributed by atoms with E-state index in [2.05, 4.69) is 20.6 Å². The number of nitrogens with one attached hydrogen (secondary N) is 2. The fourth-order valence-corrected chi connectivity index (χ4v) is 3.11. The zero-order valence-corrected chi connectivity index (χ0v) is 16.2. The van der Waals surface area contributed by atoms with Gasteiger partial charge in [0.1, 0.15) is 5.75 Å². The number of carbonyl (C=O) groups is 1. The largest absolute Gasteiger partial charge is 0.494 e. The molecule has 148 valence electrons. The Balaban J connectivity index is 1.56. The van der Waals surface area contributed by atoms with Crippen LogP contribution in [0.4, 0.5) is 0 Å². The maximum atomic E-state index is 12.6. The summed E-state index contributed by atoms with van der Waals surface area (Å²) in [5, 5.41) is 10.8. The van der Waals surface area contributed by atoms with Gasteiger partial charge in [0.2, 0.25) is 0 Å². The first-order valence-corrected chi connectivity index (χ1v) is 9.45. The van der Waals surface area contributed by atoms with Crippen molar-refractivity contribution >= 4 is 22.5 Å². The van der Waals surface area contributed by atoms with Gasteiger partial charge in [-0.3, -0.25) is 9.59 Å². The summed E-state index contributed by atoms with van der Waals surface area (Å²) in [6, 6.07) is 13.1. The van der Waals surface area contributed by atoms with Crippen LogP contribution in [0.2, 0.25) is 0 Å². The van der Waals surface area contributed by atoms with Crippen LogP contribution in [0.1, 0.15) is 35.0 Å². The number of aryl methyl sites for hydroxylation is 1. The third-order valence-corrected chi connectivity index (χ3v) is 4.58. The second kappa shape index (κ2) is 7.75. The van der Waals surface area contributed by atoms with E-state index in [0.29, 0.717) is 24.2 Å². The zero-order chi connectivity index (χ0) is 20.4. The number of rotatable bonds is 6. The molecule has 0 aliphatic rings. The van der Waals surface area contributed by atoms with Gasteiger partial charge in [0.15, 0.2) is 11.2 Å². The van der Waals surface area contributed by atoms with Gasteiger partial charge in [-0.1, -0.05) is 30.3 Å². The minimum absolute atomic E-state index is 0.00313. The molecule has 1 amide bonds. The van der Waals surface area contributed by atoms with E-state index in [-0.39, 0.29) is 11.2 Å². The second-order valence-electron chi connectivity index (χ2n) is 6.85. The Morgan fingerprint density at radius 2 is 2.00 bits per heavy atom. The monoisotopic (exact) mass is 391 g/mol. The maximum absolute atomic E-state index is 12.6. The van der Waals surface area contributed by atoms with Gasteiger partial charge in [-0.15, -0.1) is 5.10 Å². The van der Waals surface area contributed by atoms with Gasteiger partial charge < -0.3 is 15.0 Å². The van der Waals surface area contributed by atoms with Crippen LogP contribution in [0.25, 0.3) is 16.6 Å². The summed E-state index contributed by atoms with van der Waals surface area (Å²) in [6.07, 6.45) is 0.943. The smallest absolute Gasteiger partial charge is 0.277 e. The second-order valence-corrected chi connectivity index (χ2v) is 6.85. The highest BCUT2D eigenvalue weighted by molar-refractivity contribution is 5.99. The first-order chi connectivity index (χ1) is 14.1. The quantitative estimate of drug-likeness (QED) is 0.526. The Morgan fingerprint density at radius 3 is 2.76 bits per heavy atom. The number of hydrogen-bond acceptors (Lipinski definition) is 5. The van der Waals surface area contributed by atoms with Gasteiger partial charge >= 0.3 is 0 Å². The molecule has 2 heterocycles. The lowest BCUT2D eigenvalue weighted by Crippen LogP contribution is -2.25. The molecule has 0 saturated heterocycles. The van der Waals surface area contributed by atoms with Crippen molar-refractivity contribution in [2.24, 2.45) is 0 Å². The lowest BCUT2D eigenvalue weighted by atomic mass is 10.2. The lowest BCUT2D eigenvalue weighted by Gasteiger charge is -2.07. The number of H-pyrrole nitrogens is 1. The number of nitrogens with zero attached hydrogens (tertiary/aromatic N) is 3. The number of ether oxygens (including phenoxy) is 1. The minimum Gasteiger partial charge on any atom is -0.494 e. The highest BCUT2D eigenvalue weighted by Gasteiger charge is 2.19. The van der Waals surface area contributed by atoms with E-state index in [4.69, 9.17) is 4.74 Å². The van der Waals surface area contributed by atoms with Crippen molar-refractivity contribution in [3.05, 3.63) is 69.6 Å². The molecule has 8 nitrogen and oxygen atoms in total. The zero-order valence-electron chi connectivity index (χ0n) is 16.2.